The first kappa shape index (κ1) is 25.2. The van der Waals surface area contributed by atoms with E-state index in [4.69, 9.17) is 21.3 Å². The molecule has 0 unspecified atom stereocenters. The highest BCUT2D eigenvalue weighted by molar-refractivity contribution is 7.19. The summed E-state index contributed by atoms with van der Waals surface area (Å²) in [7, 11) is 0. The first-order chi connectivity index (χ1) is 18.1. The molecule has 190 valence electrons. The maximum Gasteiger partial charge on any atom is 0.323 e. The SMILES string of the molecule is O=C(Nc1ccc(Cl)cc1)Nc1cccc(-c2sc(NCCN3CCOCC3)nc2-c2ccncc2)c1. The fourth-order valence-corrected chi connectivity index (χ4v) is 5.14. The lowest BCUT2D eigenvalue weighted by molar-refractivity contribution is 0.0398. The van der Waals surface area contributed by atoms with Crippen LogP contribution >= 0.6 is 22.9 Å². The Morgan fingerprint density at radius 1 is 0.973 bits per heavy atom. The molecule has 0 spiro atoms. The van der Waals surface area contributed by atoms with Crippen LogP contribution in [0.15, 0.2) is 73.1 Å². The van der Waals surface area contributed by atoms with Gasteiger partial charge in [-0.15, -0.1) is 0 Å². The van der Waals surface area contributed by atoms with E-state index in [0.29, 0.717) is 16.4 Å². The molecule has 0 aliphatic carbocycles. The third-order valence-corrected chi connectivity index (χ3v) is 7.19. The summed E-state index contributed by atoms with van der Waals surface area (Å²) in [5.74, 6) is 0. The number of rotatable bonds is 8. The summed E-state index contributed by atoms with van der Waals surface area (Å²) >= 11 is 7.53. The van der Waals surface area contributed by atoms with Gasteiger partial charge in [-0.25, -0.2) is 9.78 Å². The minimum Gasteiger partial charge on any atom is -0.379 e. The summed E-state index contributed by atoms with van der Waals surface area (Å²) in [6, 6.07) is 18.3. The number of thiazole rings is 1. The van der Waals surface area contributed by atoms with E-state index in [-0.39, 0.29) is 6.03 Å². The summed E-state index contributed by atoms with van der Waals surface area (Å²) in [6.45, 7) is 5.22. The second-order valence-electron chi connectivity index (χ2n) is 8.48. The number of hydrogen-bond acceptors (Lipinski definition) is 7. The van der Waals surface area contributed by atoms with Crippen molar-refractivity contribution >= 4 is 45.5 Å². The lowest BCUT2D eigenvalue weighted by Gasteiger charge is -2.26. The molecule has 4 aromatic rings. The Morgan fingerprint density at radius 3 is 2.51 bits per heavy atom. The Kier molecular flexibility index (Phi) is 8.27. The number of pyridine rings is 1. The molecule has 0 atom stereocenters. The fraction of sp³-hybridized carbons (Fsp3) is 0.222. The highest BCUT2D eigenvalue weighted by Crippen LogP contribution is 2.39. The molecular formula is C27H27ClN6O2S. The van der Waals surface area contributed by atoms with Crippen molar-refractivity contribution in [2.45, 2.75) is 0 Å². The number of carbonyl (C=O) groups is 1. The standard InChI is InChI=1S/C27H27ClN6O2S/c28-21-4-6-22(7-5-21)31-26(35)32-23-3-1-2-20(18-23)25-24(19-8-10-29-11-9-19)33-27(37-25)30-12-13-34-14-16-36-17-15-34/h1-11,18H,12-17H2,(H,30,33)(H2,31,32,35). The molecule has 1 saturated heterocycles. The van der Waals surface area contributed by atoms with E-state index in [1.165, 1.54) is 0 Å². The fourth-order valence-electron chi connectivity index (χ4n) is 4.01. The Balaban J connectivity index is 1.33. The van der Waals surface area contributed by atoms with Gasteiger partial charge in [0.05, 0.1) is 23.8 Å². The van der Waals surface area contributed by atoms with Gasteiger partial charge < -0.3 is 20.7 Å². The number of hydrogen-bond donors (Lipinski definition) is 3. The number of benzene rings is 2. The average molecular weight is 535 g/mol. The average Bonchev–Trinajstić information content (AvgIpc) is 3.35. The second kappa shape index (κ2) is 12.2. The number of aromatic nitrogens is 2. The number of nitrogens with one attached hydrogen (secondary N) is 3. The van der Waals surface area contributed by atoms with E-state index in [1.807, 2.05) is 36.4 Å². The Morgan fingerprint density at radius 2 is 1.73 bits per heavy atom. The van der Waals surface area contributed by atoms with Crippen molar-refractivity contribution in [3.05, 3.63) is 78.1 Å². The monoisotopic (exact) mass is 534 g/mol. The van der Waals surface area contributed by atoms with Crippen molar-refractivity contribution < 1.29 is 9.53 Å². The number of carbonyl (C=O) groups excluding carboxylic acids is 1. The van der Waals surface area contributed by atoms with Gasteiger partial charge in [0.1, 0.15) is 0 Å². The van der Waals surface area contributed by atoms with E-state index in [9.17, 15) is 4.79 Å². The minimum absolute atomic E-state index is 0.330. The van der Waals surface area contributed by atoms with E-state index in [1.54, 1.807) is 48.0 Å². The number of nitrogens with zero attached hydrogens (tertiary/aromatic N) is 3. The van der Waals surface area contributed by atoms with E-state index in [0.717, 1.165) is 66.2 Å². The van der Waals surface area contributed by atoms with Gasteiger partial charge in [-0.05, 0) is 54.1 Å². The molecule has 0 bridgehead atoms. The van der Waals surface area contributed by atoms with Crippen molar-refractivity contribution in [3.8, 4) is 21.7 Å². The van der Waals surface area contributed by atoms with E-state index < -0.39 is 0 Å². The molecule has 1 aliphatic heterocycles. The van der Waals surface area contributed by atoms with Gasteiger partial charge in [-0.1, -0.05) is 35.1 Å². The zero-order valence-electron chi connectivity index (χ0n) is 20.1. The first-order valence-electron chi connectivity index (χ1n) is 12.0. The molecule has 3 N–H and O–H groups in total. The molecule has 37 heavy (non-hydrogen) atoms. The Bertz CT molecular complexity index is 1330. The van der Waals surface area contributed by atoms with Crippen LogP contribution in [0, 0.1) is 0 Å². The molecule has 2 amide bonds. The number of ether oxygens (including phenoxy) is 1. The summed E-state index contributed by atoms with van der Waals surface area (Å²) in [5.41, 5.74) is 4.17. The van der Waals surface area contributed by atoms with Crippen LogP contribution in [0.25, 0.3) is 21.7 Å². The van der Waals surface area contributed by atoms with Crippen LogP contribution in [0.5, 0.6) is 0 Å². The van der Waals surface area contributed by atoms with Crippen molar-refractivity contribution in [3.63, 3.8) is 0 Å². The molecule has 1 aliphatic rings. The van der Waals surface area contributed by atoms with Crippen molar-refractivity contribution in [2.24, 2.45) is 0 Å². The first-order valence-corrected chi connectivity index (χ1v) is 13.2. The third kappa shape index (κ3) is 6.84. The van der Waals surface area contributed by atoms with Crippen LogP contribution in [0.4, 0.5) is 21.3 Å². The molecule has 8 nitrogen and oxygen atoms in total. The quantitative estimate of drug-likeness (QED) is 0.260. The van der Waals surface area contributed by atoms with E-state index in [2.05, 4.69) is 25.8 Å². The topological polar surface area (TPSA) is 91.4 Å². The van der Waals surface area contributed by atoms with Crippen LogP contribution in [0.1, 0.15) is 0 Å². The van der Waals surface area contributed by atoms with Crippen molar-refractivity contribution in [1.29, 1.82) is 0 Å². The largest absolute Gasteiger partial charge is 0.379 e. The third-order valence-electron chi connectivity index (χ3n) is 5.87. The molecule has 2 aromatic carbocycles. The number of amides is 2. The van der Waals surface area contributed by atoms with Gasteiger partial charge in [-0.3, -0.25) is 9.88 Å². The summed E-state index contributed by atoms with van der Waals surface area (Å²) in [4.78, 5) is 25.0. The van der Waals surface area contributed by atoms with Gasteiger partial charge >= 0.3 is 6.03 Å². The Hall–Kier alpha value is -3.50. The predicted octanol–water partition coefficient (Wildman–Crippen LogP) is 5.91. The van der Waals surface area contributed by atoms with Gasteiger partial charge in [0, 0.05) is 60.5 Å². The zero-order valence-corrected chi connectivity index (χ0v) is 21.7. The maximum atomic E-state index is 12.6. The lowest BCUT2D eigenvalue weighted by Crippen LogP contribution is -2.38. The predicted molar refractivity (Wildman–Crippen MR) is 151 cm³/mol. The van der Waals surface area contributed by atoms with Crippen molar-refractivity contribution in [1.82, 2.24) is 14.9 Å². The van der Waals surface area contributed by atoms with Crippen LogP contribution in [-0.2, 0) is 4.74 Å². The highest BCUT2D eigenvalue weighted by Gasteiger charge is 2.17. The molecular weight excluding hydrogens is 508 g/mol. The number of urea groups is 1. The summed E-state index contributed by atoms with van der Waals surface area (Å²) in [5, 5.41) is 10.7. The summed E-state index contributed by atoms with van der Waals surface area (Å²) < 4.78 is 5.44. The zero-order chi connectivity index (χ0) is 25.5. The summed E-state index contributed by atoms with van der Waals surface area (Å²) in [6.07, 6.45) is 3.53. The number of anilines is 3. The molecule has 2 aromatic heterocycles. The molecule has 5 rings (SSSR count). The van der Waals surface area contributed by atoms with Crippen LogP contribution in [0.2, 0.25) is 5.02 Å². The lowest BCUT2D eigenvalue weighted by atomic mass is 10.1. The molecule has 0 saturated carbocycles. The molecule has 10 heteroatoms. The highest BCUT2D eigenvalue weighted by atomic mass is 35.5. The maximum absolute atomic E-state index is 12.6. The van der Waals surface area contributed by atoms with Gasteiger partial charge in [0.15, 0.2) is 5.13 Å². The molecule has 0 radical (unpaired) electrons. The van der Waals surface area contributed by atoms with Crippen LogP contribution in [-0.4, -0.2) is 60.3 Å². The van der Waals surface area contributed by atoms with Gasteiger partial charge in [0.2, 0.25) is 0 Å². The van der Waals surface area contributed by atoms with Gasteiger partial charge in [-0.2, -0.15) is 0 Å². The minimum atomic E-state index is -0.330. The normalized spacial score (nSPS) is 13.8. The smallest absolute Gasteiger partial charge is 0.323 e. The second-order valence-corrected chi connectivity index (χ2v) is 9.92. The molecule has 1 fully saturated rings. The van der Waals surface area contributed by atoms with Crippen LogP contribution in [0.3, 0.4) is 0 Å². The van der Waals surface area contributed by atoms with Gasteiger partial charge in [0.25, 0.3) is 0 Å². The Labute approximate surface area is 224 Å². The number of halogens is 1. The van der Waals surface area contributed by atoms with Crippen LogP contribution < -0.4 is 16.0 Å². The molecule has 3 heterocycles. The van der Waals surface area contributed by atoms with E-state index >= 15 is 0 Å². The number of morpholine rings is 1. The van der Waals surface area contributed by atoms with Crippen molar-refractivity contribution in [2.75, 3.05) is 55.3 Å².